The molecule has 55 heavy (non-hydrogen) atoms. The van der Waals surface area contributed by atoms with Crippen molar-refractivity contribution in [1.29, 1.82) is 0 Å². The molecule has 6 heteroatoms. The molecule has 0 aliphatic heterocycles. The molecule has 1 radical (unpaired) electrons. The third kappa shape index (κ3) is 8.60. The molecule has 0 amide bonds. The van der Waals surface area contributed by atoms with Gasteiger partial charge in [0, 0.05) is 31.2 Å². The summed E-state index contributed by atoms with van der Waals surface area (Å²) in [7, 11) is 0. The number of pyridine rings is 1. The predicted molar refractivity (Wildman–Crippen MR) is 231 cm³/mol. The molecule has 0 saturated carbocycles. The molecule has 0 atom stereocenters. The van der Waals surface area contributed by atoms with Crippen molar-refractivity contribution in [3.05, 3.63) is 144 Å². The van der Waals surface area contributed by atoms with E-state index < -0.39 is 31.9 Å². The SMILES string of the molecule is CC(C)(C)c1ccccc1-n1c(-c2[c-]ccc3c2oc2ccccc23)nc2ccccc21.[2H]C([2H])([2H])c1c[c-]c(-c2cc(C([2H])([2H])C(C)(C)C)[c]([Ge]([CH3])([CH3])[CH3])cn2)cc1.[Ir]. The van der Waals surface area contributed by atoms with Crippen LogP contribution in [-0.2, 0) is 31.9 Å². The number of furan rings is 1. The molecular weight excluding hydrogens is 911 g/mol. The van der Waals surface area contributed by atoms with E-state index in [0.29, 0.717) is 16.8 Å². The summed E-state index contributed by atoms with van der Waals surface area (Å²) < 4.78 is 49.7. The van der Waals surface area contributed by atoms with Crippen LogP contribution in [0.25, 0.3) is 61.3 Å². The molecule has 0 aliphatic rings. The molecule has 8 rings (SSSR count). The van der Waals surface area contributed by atoms with Gasteiger partial charge in [-0.15, -0.1) is 18.2 Å². The van der Waals surface area contributed by atoms with Gasteiger partial charge >= 0.3 is 145 Å². The number of rotatable bonds is 5. The van der Waals surface area contributed by atoms with Crippen LogP contribution in [-0.4, -0.2) is 27.8 Å². The van der Waals surface area contributed by atoms with Crippen LogP contribution in [0.1, 0.15) is 65.1 Å². The fourth-order valence-corrected chi connectivity index (χ4v) is 9.81. The van der Waals surface area contributed by atoms with Crippen LogP contribution in [0.2, 0.25) is 17.3 Å². The van der Waals surface area contributed by atoms with Crippen molar-refractivity contribution in [3.8, 4) is 28.3 Å². The normalized spacial score (nSPS) is 13.9. The molecule has 0 N–H and O–H groups in total. The Labute approximate surface area is 350 Å². The molecule has 0 saturated heterocycles. The summed E-state index contributed by atoms with van der Waals surface area (Å²) in [4.78, 5) is 9.65. The molecule has 0 bridgehead atoms. The first-order valence-electron chi connectivity index (χ1n) is 21.0. The van der Waals surface area contributed by atoms with Gasteiger partial charge in [-0.25, -0.2) is 0 Å². The van der Waals surface area contributed by atoms with Crippen molar-refractivity contribution in [3.63, 3.8) is 0 Å². The topological polar surface area (TPSA) is 43.9 Å². The largest absolute Gasteiger partial charge is 0 e. The number of nitrogens with zero attached hydrogens (tertiary/aromatic N) is 3. The van der Waals surface area contributed by atoms with E-state index in [-0.39, 0.29) is 31.1 Å². The summed E-state index contributed by atoms with van der Waals surface area (Å²) in [5.74, 6) is 7.54. The molecule has 0 spiro atoms. The molecule has 8 aromatic rings. The minimum absolute atomic E-state index is 0. The second-order valence-electron chi connectivity index (χ2n) is 17.0. The van der Waals surface area contributed by atoms with Gasteiger partial charge in [-0.05, 0) is 35.2 Å². The van der Waals surface area contributed by atoms with Gasteiger partial charge in [0.15, 0.2) is 0 Å². The Kier molecular flexibility index (Phi) is 9.70. The summed E-state index contributed by atoms with van der Waals surface area (Å²) >= 11 is -2.36. The monoisotopic (exact) mass is 969 g/mol. The van der Waals surface area contributed by atoms with Crippen molar-refractivity contribution in [1.82, 2.24) is 14.5 Å². The first-order chi connectivity index (χ1) is 27.6. The van der Waals surface area contributed by atoms with Gasteiger partial charge in [0.1, 0.15) is 5.58 Å². The summed E-state index contributed by atoms with van der Waals surface area (Å²) in [5.41, 5.74) is 8.61. The first-order valence-corrected chi connectivity index (χ1v) is 25.8. The third-order valence-electron chi connectivity index (χ3n) is 9.39. The Balaban J connectivity index is 0.000000201. The Morgan fingerprint density at radius 1 is 0.836 bits per heavy atom. The number of imidazole rings is 1. The van der Waals surface area contributed by atoms with Crippen molar-refractivity contribution < 1.29 is 31.4 Å². The quantitative estimate of drug-likeness (QED) is 0.128. The molecular formula is C49H51GeIrN3O-2. The van der Waals surface area contributed by atoms with Gasteiger partial charge in [-0.2, -0.15) is 0 Å². The van der Waals surface area contributed by atoms with Crippen LogP contribution >= 0.6 is 0 Å². The van der Waals surface area contributed by atoms with E-state index in [9.17, 15) is 0 Å². The van der Waals surface area contributed by atoms with E-state index >= 15 is 0 Å². The Bertz CT molecular complexity index is 2800. The van der Waals surface area contributed by atoms with Crippen LogP contribution in [0, 0.1) is 24.4 Å². The minimum Gasteiger partial charge on any atom is 0 e. The van der Waals surface area contributed by atoms with Gasteiger partial charge in [0.2, 0.25) is 0 Å². The van der Waals surface area contributed by atoms with E-state index in [1.807, 2.05) is 63.4 Å². The number of hydrogen-bond acceptors (Lipinski definition) is 3. The number of para-hydroxylation sites is 4. The fraction of sp³-hybridized carbons (Fsp3) is 0.265. The van der Waals surface area contributed by atoms with Gasteiger partial charge < -0.3 is 8.98 Å². The Hall–Kier alpha value is -4.29. The van der Waals surface area contributed by atoms with E-state index in [1.54, 1.807) is 12.1 Å². The maximum absolute atomic E-state index is 8.80. The average molecular weight is 968 g/mol. The van der Waals surface area contributed by atoms with Crippen LogP contribution in [0.15, 0.2) is 120 Å². The standard InChI is InChI=1S/C29H23N2O.C20H28GeN.Ir/c1-29(2,3)22-14-5-7-16-24(22)31-25-17-8-6-15-23(25)30-28(31)21-13-10-12-20-19-11-4-9-18-26(19)32-27(20)21;1-15-8-10-16(11-9-15)19-12-17(13-20(2,3)4)18(14-22-19)21(5,6)7;/h4-12,14-18H,1-3H3;8-10,12,14H,13H2,1-7H3;/q2*-1;/i;1D3,13D2;. The molecule has 0 aliphatic carbocycles. The van der Waals surface area contributed by atoms with E-state index in [2.05, 4.69) is 114 Å². The van der Waals surface area contributed by atoms with Crippen molar-refractivity contribution >= 4 is 50.6 Å². The zero-order valence-electron chi connectivity index (χ0n) is 38.1. The molecule has 0 unspecified atom stereocenters. The summed E-state index contributed by atoms with van der Waals surface area (Å²) in [6.07, 6.45) is 0.303. The number of aryl methyl sites for hydroxylation is 1. The smallest absolute Gasteiger partial charge is 0 e. The number of aromatic nitrogens is 3. The molecule has 5 aromatic carbocycles. The second kappa shape index (κ2) is 15.7. The fourth-order valence-electron chi connectivity index (χ4n) is 6.89. The van der Waals surface area contributed by atoms with Crippen LogP contribution < -0.4 is 4.40 Å². The minimum atomic E-state index is -2.36. The molecule has 4 nitrogen and oxygen atoms in total. The average Bonchev–Trinajstić information content (AvgIpc) is 3.75. The maximum atomic E-state index is 8.80. The molecule has 0 fully saturated rings. The van der Waals surface area contributed by atoms with Gasteiger partial charge in [-0.3, -0.25) is 4.98 Å². The zero-order chi connectivity index (χ0) is 42.7. The van der Waals surface area contributed by atoms with Crippen LogP contribution in [0.5, 0.6) is 0 Å². The predicted octanol–water partition coefficient (Wildman–Crippen LogP) is 12.7. The van der Waals surface area contributed by atoms with E-state index in [0.717, 1.165) is 54.4 Å². The number of hydrogen-bond donors (Lipinski definition) is 0. The van der Waals surface area contributed by atoms with E-state index in [1.165, 1.54) is 11.6 Å². The first kappa shape index (κ1) is 34.0. The maximum Gasteiger partial charge on any atom is 0 e. The van der Waals surface area contributed by atoms with Crippen molar-refractivity contribution in [2.24, 2.45) is 5.41 Å². The number of fused-ring (bicyclic) bond motifs is 4. The van der Waals surface area contributed by atoms with Crippen LogP contribution in [0.4, 0.5) is 0 Å². The van der Waals surface area contributed by atoms with E-state index in [4.69, 9.17) is 16.3 Å². The Morgan fingerprint density at radius 3 is 2.27 bits per heavy atom. The summed E-state index contributed by atoms with van der Waals surface area (Å²) in [6.45, 7) is 10.3. The van der Waals surface area contributed by atoms with Gasteiger partial charge in [-0.1, -0.05) is 80.3 Å². The molecule has 3 heterocycles. The third-order valence-corrected chi connectivity index (χ3v) is 13.6. The Morgan fingerprint density at radius 2 is 1.56 bits per heavy atom. The summed E-state index contributed by atoms with van der Waals surface area (Å²) in [6, 6.07) is 42.1. The van der Waals surface area contributed by atoms with Crippen molar-refractivity contribution in [2.75, 3.05) is 0 Å². The molecule has 3 aromatic heterocycles. The molecule has 283 valence electrons. The van der Waals surface area contributed by atoms with Crippen molar-refractivity contribution in [2.45, 2.75) is 77.5 Å². The van der Waals surface area contributed by atoms with Crippen LogP contribution in [0.3, 0.4) is 0 Å². The van der Waals surface area contributed by atoms with Gasteiger partial charge in [0.05, 0.1) is 22.4 Å². The second-order valence-corrected chi connectivity index (χ2v) is 27.5. The zero-order valence-corrected chi connectivity index (χ0v) is 37.5. The van der Waals surface area contributed by atoms with Gasteiger partial charge in [0.25, 0.3) is 0 Å². The summed E-state index contributed by atoms with van der Waals surface area (Å²) in [5, 5.41) is 2.19. The number of benzene rings is 5.